The Kier molecular flexibility index (Phi) is 13.4. The van der Waals surface area contributed by atoms with Crippen LogP contribution in [0.2, 0.25) is 0 Å². The second-order valence-corrected chi connectivity index (χ2v) is 8.12. The third-order valence-electron chi connectivity index (χ3n) is 5.13. The van der Waals surface area contributed by atoms with Crippen molar-refractivity contribution in [3.8, 4) is 0 Å². The summed E-state index contributed by atoms with van der Waals surface area (Å²) >= 11 is 0. The molecule has 150 valence electrons. The summed E-state index contributed by atoms with van der Waals surface area (Å²) in [4.78, 5) is 0. The summed E-state index contributed by atoms with van der Waals surface area (Å²) in [5, 5.41) is 3.24. The Bertz CT molecular complexity index is 464. The number of nitrogens with one attached hydrogen (secondary N) is 1. The minimum Gasteiger partial charge on any atom is -0.325 e. The zero-order chi connectivity index (χ0) is 20.0. The lowest BCUT2D eigenvalue weighted by atomic mass is 9.88. The Balaban J connectivity index is 0.000000531. The Hall–Kier alpha value is -1.12. The van der Waals surface area contributed by atoms with Gasteiger partial charge in [-0.2, -0.15) is 0 Å². The molecule has 0 aliphatic carbocycles. The van der Waals surface area contributed by atoms with E-state index >= 15 is 0 Å². The summed E-state index contributed by atoms with van der Waals surface area (Å²) < 4.78 is 0. The first-order chi connectivity index (χ1) is 12.3. The van der Waals surface area contributed by atoms with Gasteiger partial charge in [-0.3, -0.25) is 0 Å². The molecule has 2 nitrogen and oxygen atoms in total. The minimum atomic E-state index is -0.0467. The molecule has 3 atom stereocenters. The van der Waals surface area contributed by atoms with Crippen molar-refractivity contribution < 1.29 is 0 Å². The van der Waals surface area contributed by atoms with Gasteiger partial charge in [-0.05, 0) is 70.9 Å². The van der Waals surface area contributed by atoms with E-state index in [0.29, 0.717) is 12.0 Å². The second kappa shape index (κ2) is 14.0. The number of hydrogen-bond donors (Lipinski definition) is 2. The van der Waals surface area contributed by atoms with Crippen LogP contribution in [0, 0.1) is 0 Å². The van der Waals surface area contributed by atoms with E-state index in [1.807, 2.05) is 7.05 Å². The van der Waals surface area contributed by atoms with Crippen molar-refractivity contribution in [1.29, 1.82) is 0 Å². The fourth-order valence-corrected chi connectivity index (χ4v) is 3.14. The van der Waals surface area contributed by atoms with Crippen LogP contribution in [0.3, 0.4) is 0 Å². The van der Waals surface area contributed by atoms with Crippen LogP contribution in [-0.2, 0) is 0 Å². The predicted octanol–water partition coefficient (Wildman–Crippen LogP) is 6.43. The normalized spacial score (nSPS) is 15.3. The third kappa shape index (κ3) is 12.3. The summed E-state index contributed by atoms with van der Waals surface area (Å²) in [5.41, 5.74) is 9.06. The highest BCUT2D eigenvalue weighted by molar-refractivity contribution is 5.18. The molecule has 0 aliphatic rings. The van der Waals surface area contributed by atoms with Gasteiger partial charge in [-0.1, -0.05) is 69.7 Å². The van der Waals surface area contributed by atoms with E-state index in [9.17, 15) is 0 Å². The minimum absolute atomic E-state index is 0.0467. The lowest BCUT2D eigenvalue weighted by molar-refractivity contribution is 0.346. The van der Waals surface area contributed by atoms with Crippen molar-refractivity contribution in [1.82, 2.24) is 5.32 Å². The van der Waals surface area contributed by atoms with E-state index in [0.717, 1.165) is 25.7 Å². The molecular weight excluding hydrogens is 316 g/mol. The van der Waals surface area contributed by atoms with Gasteiger partial charge in [-0.25, -0.2) is 0 Å². The smallest absolute Gasteiger partial charge is 0.0140 e. The second-order valence-electron chi connectivity index (χ2n) is 8.12. The van der Waals surface area contributed by atoms with E-state index in [2.05, 4.69) is 76.8 Å². The molecule has 0 aromatic heterocycles. The van der Waals surface area contributed by atoms with Crippen molar-refractivity contribution in [3.05, 3.63) is 48.0 Å². The Morgan fingerprint density at radius 2 is 1.77 bits per heavy atom. The van der Waals surface area contributed by atoms with E-state index < -0.39 is 0 Å². The zero-order valence-corrected chi connectivity index (χ0v) is 18.3. The highest BCUT2D eigenvalue weighted by Gasteiger charge is 2.20. The van der Waals surface area contributed by atoms with Crippen LogP contribution in [0.5, 0.6) is 0 Å². The molecule has 0 saturated heterocycles. The first-order valence-electron chi connectivity index (χ1n) is 10.4. The molecule has 26 heavy (non-hydrogen) atoms. The average molecular weight is 361 g/mol. The van der Waals surface area contributed by atoms with Crippen LogP contribution < -0.4 is 11.1 Å². The molecule has 0 saturated carbocycles. The molecule has 0 fully saturated rings. The largest absolute Gasteiger partial charge is 0.325 e. The van der Waals surface area contributed by atoms with Gasteiger partial charge in [0.15, 0.2) is 0 Å². The van der Waals surface area contributed by atoms with Crippen molar-refractivity contribution >= 4 is 0 Å². The van der Waals surface area contributed by atoms with Gasteiger partial charge < -0.3 is 11.1 Å². The van der Waals surface area contributed by atoms with Gasteiger partial charge in [-0.15, -0.1) is 0 Å². The molecule has 0 heterocycles. The maximum Gasteiger partial charge on any atom is 0.0140 e. The van der Waals surface area contributed by atoms with Gasteiger partial charge in [0, 0.05) is 11.6 Å². The molecule has 2 heteroatoms. The molecule has 0 bridgehead atoms. The number of hydrogen-bond acceptors (Lipinski definition) is 2. The summed E-state index contributed by atoms with van der Waals surface area (Å²) in [6.45, 7) is 15.1. The Morgan fingerprint density at radius 1 is 1.15 bits per heavy atom. The summed E-state index contributed by atoms with van der Waals surface area (Å²) in [5.74, 6) is 0.709. The lowest BCUT2D eigenvalue weighted by Gasteiger charge is -2.28. The number of allylic oxidation sites excluding steroid dienone is 1. The highest BCUT2D eigenvalue weighted by atomic mass is 14.9. The number of rotatable bonds is 11. The van der Waals surface area contributed by atoms with Crippen LogP contribution in [0.15, 0.2) is 42.5 Å². The maximum atomic E-state index is 6.28. The fourth-order valence-electron chi connectivity index (χ4n) is 3.14. The first kappa shape index (κ1) is 24.9. The van der Waals surface area contributed by atoms with Crippen molar-refractivity contribution in [2.45, 2.75) is 97.1 Å². The van der Waals surface area contributed by atoms with Gasteiger partial charge in [0.1, 0.15) is 0 Å². The summed E-state index contributed by atoms with van der Waals surface area (Å²) in [7, 11) is 1.99. The summed E-state index contributed by atoms with van der Waals surface area (Å²) in [6, 6.07) is 11.1. The quantitative estimate of drug-likeness (QED) is 0.446. The van der Waals surface area contributed by atoms with Crippen LogP contribution in [-0.4, -0.2) is 18.6 Å². The van der Waals surface area contributed by atoms with Crippen molar-refractivity contribution in [2.24, 2.45) is 5.73 Å². The molecule has 3 unspecified atom stereocenters. The number of nitrogens with two attached hydrogens (primary N) is 1. The van der Waals surface area contributed by atoms with E-state index in [1.54, 1.807) is 0 Å². The van der Waals surface area contributed by atoms with Gasteiger partial charge in [0.25, 0.3) is 0 Å². The number of benzene rings is 1. The van der Waals surface area contributed by atoms with E-state index in [1.165, 1.54) is 30.4 Å². The van der Waals surface area contributed by atoms with Crippen LogP contribution in [0.1, 0.15) is 91.0 Å². The van der Waals surface area contributed by atoms with Gasteiger partial charge in [0.2, 0.25) is 0 Å². The van der Waals surface area contributed by atoms with Crippen LogP contribution >= 0.6 is 0 Å². The Morgan fingerprint density at radius 3 is 2.27 bits per heavy atom. The zero-order valence-electron chi connectivity index (χ0n) is 18.3. The third-order valence-corrected chi connectivity index (χ3v) is 5.13. The lowest BCUT2D eigenvalue weighted by Crippen LogP contribution is -2.42. The molecule has 3 N–H and O–H groups in total. The molecule has 1 rings (SSSR count). The van der Waals surface area contributed by atoms with Crippen LogP contribution in [0.25, 0.3) is 0 Å². The monoisotopic (exact) mass is 360 g/mol. The molecule has 0 aliphatic heterocycles. The van der Waals surface area contributed by atoms with E-state index in [4.69, 9.17) is 5.73 Å². The van der Waals surface area contributed by atoms with Gasteiger partial charge in [0.05, 0.1) is 0 Å². The average Bonchev–Trinajstić information content (AvgIpc) is 2.61. The predicted molar refractivity (Wildman–Crippen MR) is 119 cm³/mol. The topological polar surface area (TPSA) is 38.0 Å². The molecule has 1 aromatic carbocycles. The molecule has 1 aromatic rings. The maximum absolute atomic E-state index is 6.28. The SMILES string of the molecule is C=C(CCC)CCCC(C)(N)CC(C)NC.CCC(C)c1ccccc1. The van der Waals surface area contributed by atoms with E-state index in [-0.39, 0.29) is 5.54 Å². The molecule has 0 amide bonds. The first-order valence-corrected chi connectivity index (χ1v) is 10.4. The van der Waals surface area contributed by atoms with Crippen LogP contribution in [0.4, 0.5) is 0 Å². The fraction of sp³-hybridized carbons (Fsp3) is 0.667. The van der Waals surface area contributed by atoms with Crippen molar-refractivity contribution in [2.75, 3.05) is 7.05 Å². The standard InChI is InChI=1S/C14H30N2.C10H14/c1-6-8-12(2)9-7-10-14(4,15)11-13(3)16-5;1-3-9(2)10-7-5-4-6-8-10/h13,16H,2,6-11,15H2,1,3-5H3;4-9H,3H2,1-2H3. The van der Waals surface area contributed by atoms with Crippen molar-refractivity contribution in [3.63, 3.8) is 0 Å². The highest BCUT2D eigenvalue weighted by Crippen LogP contribution is 2.20. The summed E-state index contributed by atoms with van der Waals surface area (Å²) in [6.07, 6.45) is 8.01. The molecule has 0 radical (unpaired) electrons. The molecular formula is C24H44N2. The molecule has 0 spiro atoms. The Labute approximate surface area is 163 Å². The van der Waals surface area contributed by atoms with Gasteiger partial charge >= 0.3 is 0 Å².